The maximum Gasteiger partial charge on any atom is 0.325 e. The summed E-state index contributed by atoms with van der Waals surface area (Å²) in [5, 5.41) is 0. The first-order valence-corrected chi connectivity index (χ1v) is 6.89. The second-order valence-electron chi connectivity index (χ2n) is 5.31. The molecule has 4 rings (SSSR count). The van der Waals surface area contributed by atoms with Crippen LogP contribution in [0.1, 0.15) is 12.5 Å². The van der Waals surface area contributed by atoms with E-state index in [-0.39, 0.29) is 18.5 Å². The number of benzene rings is 2. The predicted octanol–water partition coefficient (Wildman–Crippen LogP) is 3.05. The summed E-state index contributed by atoms with van der Waals surface area (Å²) in [7, 11) is 0. The Kier molecular flexibility index (Phi) is 2.29. The molecule has 2 atom stereocenters. The first kappa shape index (κ1) is 10.5. The highest BCUT2D eigenvalue weighted by Crippen LogP contribution is 2.36. The molecule has 0 N–H and O–H groups in total. The highest BCUT2D eigenvalue weighted by Gasteiger charge is 2.42. The fourth-order valence-corrected chi connectivity index (χ4v) is 3.08. The van der Waals surface area contributed by atoms with E-state index in [9.17, 15) is 4.79 Å². The molecule has 2 aromatic rings. The van der Waals surface area contributed by atoms with Gasteiger partial charge in [0.25, 0.3) is 0 Å². The number of rotatable bonds is 2. The van der Waals surface area contributed by atoms with Crippen LogP contribution in [0.4, 0.5) is 10.5 Å². The van der Waals surface area contributed by atoms with Crippen LogP contribution in [0, 0.1) is 0 Å². The van der Waals surface area contributed by atoms with E-state index in [1.807, 2.05) is 59.5 Å². The molecule has 0 spiro atoms. The topological polar surface area (TPSA) is 23.6 Å². The lowest BCUT2D eigenvalue weighted by Gasteiger charge is -2.18. The summed E-state index contributed by atoms with van der Waals surface area (Å²) in [4.78, 5) is 16.3. The summed E-state index contributed by atoms with van der Waals surface area (Å²) >= 11 is 0. The summed E-state index contributed by atoms with van der Waals surface area (Å²) in [5.74, 6) is 0. The van der Waals surface area contributed by atoms with E-state index in [1.54, 1.807) is 4.90 Å². The van der Waals surface area contributed by atoms with Gasteiger partial charge in [-0.05, 0) is 23.6 Å². The Balaban J connectivity index is 1.63. The van der Waals surface area contributed by atoms with E-state index in [2.05, 4.69) is 0 Å². The Bertz CT molecular complexity index is 688. The third-order valence-electron chi connectivity index (χ3n) is 4.00. The van der Waals surface area contributed by atoms with Crippen molar-refractivity contribution < 1.29 is 6.17 Å². The minimum absolute atomic E-state index is 0.0195. The van der Waals surface area contributed by atoms with Gasteiger partial charge in [0.1, 0.15) is 0 Å². The molecule has 2 aromatic carbocycles. The van der Waals surface area contributed by atoms with Crippen LogP contribution in [0.15, 0.2) is 54.6 Å². The lowest BCUT2D eigenvalue weighted by Crippen LogP contribution is -2.32. The molecule has 1 saturated heterocycles. The number of nitrogens with zero attached hydrogens (tertiary/aromatic N) is 2. The van der Waals surface area contributed by atoms with Crippen molar-refractivity contribution in [1.82, 2.24) is 4.90 Å². The molecule has 20 heavy (non-hydrogen) atoms. The normalized spacial score (nSPS) is 24.6. The van der Waals surface area contributed by atoms with E-state index in [4.69, 9.17) is 1.37 Å². The van der Waals surface area contributed by atoms with Gasteiger partial charge >= 0.3 is 6.03 Å². The van der Waals surface area contributed by atoms with Crippen LogP contribution < -0.4 is 4.90 Å². The Morgan fingerprint density at radius 1 is 1.10 bits per heavy atom. The number of urea groups is 1. The number of hydrogen-bond donors (Lipinski definition) is 0. The first-order valence-electron chi connectivity index (χ1n) is 7.46. The molecular weight excluding hydrogens is 248 g/mol. The zero-order chi connectivity index (χ0) is 14.4. The van der Waals surface area contributed by atoms with Crippen molar-refractivity contribution in [2.45, 2.75) is 19.0 Å². The largest absolute Gasteiger partial charge is 0.325 e. The van der Waals surface area contributed by atoms with Crippen molar-refractivity contribution in [2.24, 2.45) is 0 Å². The molecule has 2 aliphatic heterocycles. The van der Waals surface area contributed by atoms with Gasteiger partial charge in [0.2, 0.25) is 0 Å². The summed E-state index contributed by atoms with van der Waals surface area (Å²) < 4.78 is 8.38. The zero-order valence-corrected chi connectivity index (χ0v) is 11.1. The van der Waals surface area contributed by atoms with Crippen molar-refractivity contribution in [3.05, 3.63) is 65.7 Å². The molecule has 2 heterocycles. The molecule has 2 amide bonds. The maximum atomic E-state index is 12.7. The standard InChI is InChI=1S/C17H16N2O/c20-17-18(11-13-6-2-1-3-7-13)12-15-10-14-8-4-5-9-16(14)19(15)17/h1-9,15H,10-12H2/t15-/m1/s1/i10D/t10-,15+/m0. The average molecular weight is 265 g/mol. The SMILES string of the molecule is [2H][C@H]1c2ccccc2N2C(=O)N(Cc3ccccc3)C[C@@H]12. The van der Waals surface area contributed by atoms with Crippen LogP contribution in [0.3, 0.4) is 0 Å². The second-order valence-corrected chi connectivity index (χ2v) is 5.31. The number of para-hydroxylation sites is 1. The second kappa shape index (κ2) is 4.37. The van der Waals surface area contributed by atoms with Gasteiger partial charge in [-0.3, -0.25) is 4.90 Å². The number of hydrogen-bond acceptors (Lipinski definition) is 1. The quantitative estimate of drug-likeness (QED) is 0.818. The van der Waals surface area contributed by atoms with Gasteiger partial charge < -0.3 is 4.90 Å². The third kappa shape index (κ3) is 1.70. The van der Waals surface area contributed by atoms with Crippen LogP contribution in [0.5, 0.6) is 0 Å². The number of amides is 2. The van der Waals surface area contributed by atoms with Crippen molar-refractivity contribution in [3.63, 3.8) is 0 Å². The van der Waals surface area contributed by atoms with Gasteiger partial charge in [-0.1, -0.05) is 48.5 Å². The van der Waals surface area contributed by atoms with Crippen LogP contribution >= 0.6 is 0 Å². The maximum absolute atomic E-state index is 12.7. The van der Waals surface area contributed by atoms with Crippen molar-refractivity contribution in [1.29, 1.82) is 0 Å². The molecule has 0 unspecified atom stereocenters. The van der Waals surface area contributed by atoms with Gasteiger partial charge in [0.05, 0.1) is 6.04 Å². The number of carbonyl (C=O) groups is 1. The minimum Gasteiger partial charge on any atom is -0.318 e. The molecule has 0 saturated carbocycles. The first-order chi connectivity index (χ1) is 10.3. The van der Waals surface area contributed by atoms with Crippen LogP contribution in [-0.2, 0) is 12.9 Å². The van der Waals surface area contributed by atoms with Gasteiger partial charge in [-0.2, -0.15) is 0 Å². The summed E-state index contributed by atoms with van der Waals surface area (Å²) in [6.45, 7) is 1.23. The van der Waals surface area contributed by atoms with Gasteiger partial charge in [0.15, 0.2) is 0 Å². The summed E-state index contributed by atoms with van der Waals surface area (Å²) in [5.41, 5.74) is 3.00. The van der Waals surface area contributed by atoms with Crippen LogP contribution in [0.2, 0.25) is 0 Å². The lowest BCUT2D eigenvalue weighted by molar-refractivity contribution is 0.218. The number of anilines is 1. The Morgan fingerprint density at radius 2 is 1.85 bits per heavy atom. The molecule has 0 radical (unpaired) electrons. The fourth-order valence-electron chi connectivity index (χ4n) is 3.08. The molecule has 3 heteroatoms. The number of carbonyl (C=O) groups excluding carboxylic acids is 1. The molecule has 0 bridgehead atoms. The minimum atomic E-state index is -0.342. The smallest absolute Gasteiger partial charge is 0.318 e. The molecular formula is C17H16N2O. The Labute approximate surface area is 119 Å². The zero-order valence-electron chi connectivity index (χ0n) is 12.1. The predicted molar refractivity (Wildman–Crippen MR) is 78.7 cm³/mol. The highest BCUT2D eigenvalue weighted by atomic mass is 16.2. The van der Waals surface area contributed by atoms with Gasteiger partial charge in [-0.15, -0.1) is 0 Å². The van der Waals surface area contributed by atoms with Gasteiger partial charge in [-0.25, -0.2) is 4.79 Å². The van der Waals surface area contributed by atoms with Crippen molar-refractivity contribution in [2.75, 3.05) is 11.4 Å². The van der Waals surface area contributed by atoms with E-state index in [0.29, 0.717) is 13.1 Å². The number of fused-ring (bicyclic) bond motifs is 3. The van der Waals surface area contributed by atoms with E-state index in [0.717, 1.165) is 16.8 Å². The highest BCUT2D eigenvalue weighted by molar-refractivity contribution is 5.97. The van der Waals surface area contributed by atoms with Crippen molar-refractivity contribution in [3.8, 4) is 0 Å². The van der Waals surface area contributed by atoms with Crippen LogP contribution in [-0.4, -0.2) is 23.5 Å². The fraction of sp³-hybridized carbons (Fsp3) is 0.235. The molecule has 100 valence electrons. The van der Waals surface area contributed by atoms with Crippen LogP contribution in [0.25, 0.3) is 0 Å². The molecule has 0 aliphatic carbocycles. The van der Waals surface area contributed by atoms with E-state index < -0.39 is 0 Å². The monoisotopic (exact) mass is 265 g/mol. The van der Waals surface area contributed by atoms with E-state index >= 15 is 0 Å². The Morgan fingerprint density at radius 3 is 2.70 bits per heavy atom. The third-order valence-corrected chi connectivity index (χ3v) is 4.00. The molecule has 0 aromatic heterocycles. The Hall–Kier alpha value is -2.29. The van der Waals surface area contributed by atoms with Crippen molar-refractivity contribution >= 4 is 11.7 Å². The van der Waals surface area contributed by atoms with E-state index in [1.165, 1.54) is 0 Å². The average Bonchev–Trinajstić information content (AvgIpc) is 2.98. The van der Waals surface area contributed by atoms with Gasteiger partial charge in [0, 0.05) is 20.1 Å². The summed E-state index contributed by atoms with van der Waals surface area (Å²) in [6, 6.07) is 17.7. The molecule has 3 nitrogen and oxygen atoms in total. The molecule has 2 aliphatic rings. The lowest BCUT2D eigenvalue weighted by atomic mass is 10.1. The molecule has 1 fully saturated rings. The summed E-state index contributed by atoms with van der Waals surface area (Å²) in [6.07, 6.45) is -0.342.